The fourth-order valence-electron chi connectivity index (χ4n) is 2.68. The normalized spacial score (nSPS) is 13.8. The number of carbonyl (C=O) groups excluding carboxylic acids is 2. The topological polar surface area (TPSA) is 37.4 Å². The summed E-state index contributed by atoms with van der Waals surface area (Å²) in [5.74, 6) is -0.956. The summed E-state index contributed by atoms with van der Waals surface area (Å²) in [5, 5.41) is 0.516. The second kappa shape index (κ2) is 5.01. The van der Waals surface area contributed by atoms with Gasteiger partial charge in [-0.15, -0.1) is 0 Å². The molecule has 3 nitrogen and oxygen atoms in total. The lowest BCUT2D eigenvalue weighted by Crippen LogP contribution is -2.29. The van der Waals surface area contributed by atoms with Crippen LogP contribution < -0.4 is 4.90 Å². The summed E-state index contributed by atoms with van der Waals surface area (Å²) >= 11 is 6.00. The minimum Gasteiger partial charge on any atom is -0.300 e. The number of nitrogens with zero attached hydrogens (tertiary/aromatic N) is 1. The Morgan fingerprint density at radius 1 is 1.05 bits per heavy atom. The second-order valence-electron chi connectivity index (χ2n) is 5.25. The fourth-order valence-corrected chi connectivity index (χ4v) is 2.85. The summed E-state index contributed by atoms with van der Waals surface area (Å²) < 4.78 is 0. The zero-order chi connectivity index (χ0) is 15.1. The molecule has 0 aliphatic carbocycles. The van der Waals surface area contributed by atoms with Gasteiger partial charge in [-0.3, -0.25) is 9.59 Å². The first-order valence-electron chi connectivity index (χ1n) is 6.70. The van der Waals surface area contributed by atoms with Crippen LogP contribution in [0.25, 0.3) is 0 Å². The maximum atomic E-state index is 12.2. The molecule has 0 unspecified atom stereocenters. The molecule has 0 spiro atoms. The Balaban J connectivity index is 2.06. The van der Waals surface area contributed by atoms with Crippen LogP contribution in [0.2, 0.25) is 5.02 Å². The van der Waals surface area contributed by atoms with Crippen molar-refractivity contribution < 1.29 is 9.59 Å². The van der Waals surface area contributed by atoms with Gasteiger partial charge in [0, 0.05) is 5.02 Å². The third-order valence-electron chi connectivity index (χ3n) is 3.90. The van der Waals surface area contributed by atoms with Crippen molar-refractivity contribution in [3.8, 4) is 0 Å². The van der Waals surface area contributed by atoms with Crippen molar-refractivity contribution in [2.24, 2.45) is 0 Å². The molecule has 4 heteroatoms. The molecule has 0 radical (unpaired) electrons. The monoisotopic (exact) mass is 299 g/mol. The number of benzene rings is 2. The summed E-state index contributed by atoms with van der Waals surface area (Å²) in [5.41, 5.74) is 4.29. The average molecular weight is 300 g/mol. The molecule has 0 fully saturated rings. The fraction of sp³-hybridized carbons (Fsp3) is 0.176. The molecule has 2 aromatic carbocycles. The van der Waals surface area contributed by atoms with Crippen molar-refractivity contribution in [1.29, 1.82) is 0 Å². The van der Waals surface area contributed by atoms with E-state index in [1.807, 2.05) is 32.0 Å². The van der Waals surface area contributed by atoms with E-state index in [1.54, 1.807) is 18.2 Å². The van der Waals surface area contributed by atoms with Gasteiger partial charge < -0.3 is 4.90 Å². The summed E-state index contributed by atoms with van der Waals surface area (Å²) in [4.78, 5) is 25.8. The number of Topliss-reactive ketones (excluding diaryl/α,β-unsaturated/α-hetero) is 1. The van der Waals surface area contributed by atoms with E-state index in [2.05, 4.69) is 0 Å². The van der Waals surface area contributed by atoms with Crippen LogP contribution in [0.3, 0.4) is 0 Å². The molecule has 21 heavy (non-hydrogen) atoms. The lowest BCUT2D eigenvalue weighted by Gasteiger charge is -2.19. The summed E-state index contributed by atoms with van der Waals surface area (Å²) in [7, 11) is 0. The lowest BCUT2D eigenvalue weighted by atomic mass is 10.0. The van der Waals surface area contributed by atoms with Crippen LogP contribution in [-0.2, 0) is 11.3 Å². The van der Waals surface area contributed by atoms with Gasteiger partial charge in [-0.25, -0.2) is 0 Å². The molecular formula is C17H14ClNO2. The van der Waals surface area contributed by atoms with Gasteiger partial charge >= 0.3 is 0 Å². The van der Waals surface area contributed by atoms with Gasteiger partial charge in [-0.05, 0) is 48.7 Å². The van der Waals surface area contributed by atoms with Crippen molar-refractivity contribution in [2.45, 2.75) is 20.4 Å². The molecule has 3 rings (SSSR count). The molecule has 1 amide bonds. The highest BCUT2D eigenvalue weighted by Crippen LogP contribution is 2.33. The maximum absolute atomic E-state index is 12.2. The lowest BCUT2D eigenvalue weighted by molar-refractivity contribution is -0.114. The van der Waals surface area contributed by atoms with E-state index in [4.69, 9.17) is 11.6 Å². The molecule has 1 heterocycles. The van der Waals surface area contributed by atoms with E-state index in [0.717, 1.165) is 16.7 Å². The largest absolute Gasteiger partial charge is 0.300 e. The van der Waals surface area contributed by atoms with E-state index >= 15 is 0 Å². The molecule has 1 aliphatic rings. The molecule has 0 atom stereocenters. The van der Waals surface area contributed by atoms with E-state index in [0.29, 0.717) is 22.8 Å². The Bertz CT molecular complexity index is 747. The number of hydrogen-bond acceptors (Lipinski definition) is 2. The van der Waals surface area contributed by atoms with E-state index in [-0.39, 0.29) is 0 Å². The SMILES string of the molecule is Cc1cccc(C)c1CN1C(=O)C(=O)c2ccc(Cl)cc21. The highest BCUT2D eigenvalue weighted by atomic mass is 35.5. The number of amides is 1. The van der Waals surface area contributed by atoms with Gasteiger partial charge in [-0.2, -0.15) is 0 Å². The highest BCUT2D eigenvalue weighted by Gasteiger charge is 2.36. The van der Waals surface area contributed by atoms with Crippen LogP contribution in [0, 0.1) is 13.8 Å². The Labute approximate surface area is 128 Å². The summed E-state index contributed by atoms with van der Waals surface area (Å²) in [6, 6.07) is 10.9. The first-order valence-corrected chi connectivity index (χ1v) is 7.07. The molecule has 106 valence electrons. The smallest absolute Gasteiger partial charge is 0.299 e. The minimum atomic E-state index is -0.491. The molecule has 1 aliphatic heterocycles. The van der Waals surface area contributed by atoms with Crippen LogP contribution in [0.1, 0.15) is 27.0 Å². The number of aryl methyl sites for hydroxylation is 2. The van der Waals surface area contributed by atoms with Crippen molar-refractivity contribution in [3.63, 3.8) is 0 Å². The van der Waals surface area contributed by atoms with Crippen LogP contribution in [-0.4, -0.2) is 11.7 Å². The molecule has 0 aromatic heterocycles. The molecule has 0 N–H and O–H groups in total. The predicted octanol–water partition coefficient (Wildman–Crippen LogP) is 3.69. The quantitative estimate of drug-likeness (QED) is 0.793. The number of ketones is 1. The highest BCUT2D eigenvalue weighted by molar-refractivity contribution is 6.52. The minimum absolute atomic E-state index is 0.385. The molecular weight excluding hydrogens is 286 g/mol. The van der Waals surface area contributed by atoms with Crippen molar-refractivity contribution in [1.82, 2.24) is 0 Å². The van der Waals surface area contributed by atoms with Gasteiger partial charge in [0.25, 0.3) is 11.7 Å². The van der Waals surface area contributed by atoms with Crippen LogP contribution >= 0.6 is 11.6 Å². The van der Waals surface area contributed by atoms with E-state index in [1.165, 1.54) is 4.90 Å². The van der Waals surface area contributed by atoms with E-state index in [9.17, 15) is 9.59 Å². The maximum Gasteiger partial charge on any atom is 0.299 e. The van der Waals surface area contributed by atoms with Gasteiger partial charge in [0.1, 0.15) is 0 Å². The standard InChI is InChI=1S/C17H14ClNO2/c1-10-4-3-5-11(2)14(10)9-19-15-8-12(18)6-7-13(15)16(20)17(19)21/h3-8H,9H2,1-2H3. The van der Waals surface area contributed by atoms with Crippen LogP contribution in [0.5, 0.6) is 0 Å². The Hall–Kier alpha value is -2.13. The first kappa shape index (κ1) is 13.8. The van der Waals surface area contributed by atoms with Crippen LogP contribution in [0.4, 0.5) is 5.69 Å². The number of fused-ring (bicyclic) bond motifs is 1. The number of halogens is 1. The molecule has 0 saturated carbocycles. The second-order valence-corrected chi connectivity index (χ2v) is 5.69. The van der Waals surface area contributed by atoms with Crippen molar-refractivity contribution in [3.05, 3.63) is 63.7 Å². The Kier molecular flexibility index (Phi) is 3.30. The van der Waals surface area contributed by atoms with Crippen molar-refractivity contribution >= 4 is 29.0 Å². The number of hydrogen-bond donors (Lipinski definition) is 0. The Morgan fingerprint density at radius 3 is 2.38 bits per heavy atom. The number of anilines is 1. The third-order valence-corrected chi connectivity index (χ3v) is 4.13. The predicted molar refractivity (Wildman–Crippen MR) is 82.9 cm³/mol. The zero-order valence-electron chi connectivity index (χ0n) is 11.8. The Morgan fingerprint density at radius 2 is 1.71 bits per heavy atom. The number of carbonyl (C=O) groups is 2. The first-order chi connectivity index (χ1) is 9.99. The molecule has 2 aromatic rings. The van der Waals surface area contributed by atoms with Gasteiger partial charge in [-0.1, -0.05) is 29.8 Å². The van der Waals surface area contributed by atoms with E-state index < -0.39 is 11.7 Å². The zero-order valence-corrected chi connectivity index (χ0v) is 12.6. The van der Waals surface area contributed by atoms with Gasteiger partial charge in [0.05, 0.1) is 17.8 Å². The average Bonchev–Trinajstić information content (AvgIpc) is 2.67. The van der Waals surface area contributed by atoms with Gasteiger partial charge in [0.2, 0.25) is 0 Å². The third kappa shape index (κ3) is 2.24. The van der Waals surface area contributed by atoms with Gasteiger partial charge in [0.15, 0.2) is 0 Å². The summed E-state index contributed by atoms with van der Waals surface area (Å²) in [6.07, 6.45) is 0. The molecule has 0 saturated heterocycles. The van der Waals surface area contributed by atoms with Crippen LogP contribution in [0.15, 0.2) is 36.4 Å². The molecule has 0 bridgehead atoms. The number of rotatable bonds is 2. The van der Waals surface area contributed by atoms with Crippen molar-refractivity contribution in [2.75, 3.05) is 4.90 Å². The summed E-state index contributed by atoms with van der Waals surface area (Å²) in [6.45, 7) is 4.39.